The van der Waals surface area contributed by atoms with Gasteiger partial charge in [0, 0.05) is 6.04 Å². The fraction of sp³-hybridized carbons (Fsp3) is 0.533. The Labute approximate surface area is 109 Å². The van der Waals surface area contributed by atoms with Crippen molar-refractivity contribution in [1.29, 1.82) is 0 Å². The number of hydrogen-bond donors (Lipinski definition) is 2. The second-order valence-corrected chi connectivity index (χ2v) is 5.09. The van der Waals surface area contributed by atoms with Gasteiger partial charge in [-0.1, -0.05) is 51.1 Å². The minimum Gasteiger partial charge on any atom is -0.480 e. The Morgan fingerprint density at radius 3 is 2.22 bits per heavy atom. The number of hydrogen-bond acceptors (Lipinski definition) is 2. The van der Waals surface area contributed by atoms with Gasteiger partial charge in [0.15, 0.2) is 0 Å². The molecule has 3 nitrogen and oxygen atoms in total. The highest BCUT2D eigenvalue weighted by molar-refractivity contribution is 5.81. The lowest BCUT2D eigenvalue weighted by molar-refractivity contribution is -0.148. The first-order chi connectivity index (χ1) is 8.45. The highest BCUT2D eigenvalue weighted by Gasteiger charge is 2.43. The molecule has 0 spiro atoms. The SMILES string of the molecule is CCC(C)NC(C(=O)O)(c1ccccc1)C(C)C. The number of carboxylic acids is 1. The van der Waals surface area contributed by atoms with Crippen LogP contribution in [0.3, 0.4) is 0 Å². The summed E-state index contributed by atoms with van der Waals surface area (Å²) in [7, 11) is 0. The van der Waals surface area contributed by atoms with E-state index < -0.39 is 11.5 Å². The van der Waals surface area contributed by atoms with Crippen molar-refractivity contribution in [2.75, 3.05) is 0 Å². The topological polar surface area (TPSA) is 49.3 Å². The zero-order valence-electron chi connectivity index (χ0n) is 11.6. The van der Waals surface area contributed by atoms with E-state index in [4.69, 9.17) is 0 Å². The van der Waals surface area contributed by atoms with E-state index in [-0.39, 0.29) is 12.0 Å². The second kappa shape index (κ2) is 6.01. The molecular formula is C15H23NO2. The van der Waals surface area contributed by atoms with E-state index in [1.54, 1.807) is 0 Å². The summed E-state index contributed by atoms with van der Waals surface area (Å²) >= 11 is 0. The smallest absolute Gasteiger partial charge is 0.328 e. The summed E-state index contributed by atoms with van der Waals surface area (Å²) in [5.74, 6) is -0.851. The predicted octanol–water partition coefficient (Wildman–Crippen LogP) is 3.01. The molecule has 1 aromatic carbocycles. The zero-order valence-corrected chi connectivity index (χ0v) is 11.6. The molecule has 0 saturated heterocycles. The van der Waals surface area contributed by atoms with Crippen molar-refractivity contribution in [3.63, 3.8) is 0 Å². The number of nitrogens with one attached hydrogen (secondary N) is 1. The third-order valence-electron chi connectivity index (χ3n) is 3.52. The third-order valence-corrected chi connectivity index (χ3v) is 3.52. The van der Waals surface area contributed by atoms with Crippen LogP contribution in [0.1, 0.15) is 39.7 Å². The molecule has 0 aliphatic rings. The van der Waals surface area contributed by atoms with E-state index in [0.717, 1.165) is 12.0 Å². The molecule has 3 heteroatoms. The van der Waals surface area contributed by atoms with Crippen LogP contribution in [0.4, 0.5) is 0 Å². The first kappa shape index (κ1) is 14.7. The lowest BCUT2D eigenvalue weighted by Gasteiger charge is -2.37. The second-order valence-electron chi connectivity index (χ2n) is 5.09. The fourth-order valence-corrected chi connectivity index (χ4v) is 2.21. The standard InChI is InChI=1S/C15H23NO2/c1-5-12(4)16-15(11(2)3,14(17)18)13-9-7-6-8-10-13/h6-12,16H,5H2,1-4H3,(H,17,18). The number of carboxylic acid groups (broad SMARTS) is 1. The van der Waals surface area contributed by atoms with Crippen molar-refractivity contribution in [3.8, 4) is 0 Å². The molecule has 0 aliphatic carbocycles. The van der Waals surface area contributed by atoms with Gasteiger partial charge < -0.3 is 5.11 Å². The number of aliphatic carboxylic acids is 1. The molecule has 0 amide bonds. The van der Waals surface area contributed by atoms with Crippen LogP contribution in [0.25, 0.3) is 0 Å². The van der Waals surface area contributed by atoms with Crippen molar-refractivity contribution in [1.82, 2.24) is 5.32 Å². The minimum absolute atomic E-state index is 0.0357. The molecule has 0 heterocycles. The average molecular weight is 249 g/mol. The summed E-state index contributed by atoms with van der Waals surface area (Å²) in [6.45, 7) is 7.95. The highest BCUT2D eigenvalue weighted by Crippen LogP contribution is 2.31. The molecular weight excluding hydrogens is 226 g/mol. The van der Waals surface area contributed by atoms with E-state index >= 15 is 0 Å². The van der Waals surface area contributed by atoms with Crippen LogP contribution in [-0.4, -0.2) is 17.1 Å². The van der Waals surface area contributed by atoms with Gasteiger partial charge in [-0.15, -0.1) is 0 Å². The molecule has 1 rings (SSSR count). The van der Waals surface area contributed by atoms with Crippen molar-refractivity contribution in [2.24, 2.45) is 5.92 Å². The molecule has 0 bridgehead atoms. The van der Waals surface area contributed by atoms with Gasteiger partial charge >= 0.3 is 5.97 Å². The number of benzene rings is 1. The van der Waals surface area contributed by atoms with Gasteiger partial charge in [0.2, 0.25) is 0 Å². The Kier molecular flexibility index (Phi) is 4.91. The van der Waals surface area contributed by atoms with Gasteiger partial charge in [0.05, 0.1) is 0 Å². The third kappa shape index (κ3) is 2.72. The van der Waals surface area contributed by atoms with Gasteiger partial charge in [-0.2, -0.15) is 0 Å². The average Bonchev–Trinajstić information content (AvgIpc) is 2.35. The lowest BCUT2D eigenvalue weighted by atomic mass is 9.79. The largest absolute Gasteiger partial charge is 0.480 e. The summed E-state index contributed by atoms with van der Waals surface area (Å²) in [6.07, 6.45) is 0.897. The van der Waals surface area contributed by atoms with Crippen molar-refractivity contribution in [2.45, 2.75) is 45.7 Å². The van der Waals surface area contributed by atoms with Gasteiger partial charge in [-0.05, 0) is 24.8 Å². The number of rotatable bonds is 6. The molecule has 2 unspecified atom stereocenters. The van der Waals surface area contributed by atoms with Crippen LogP contribution < -0.4 is 5.32 Å². The summed E-state index contributed by atoms with van der Waals surface area (Å²) in [5, 5.41) is 13.0. The van der Waals surface area contributed by atoms with Crippen LogP contribution in [0.2, 0.25) is 0 Å². The van der Waals surface area contributed by atoms with E-state index in [1.165, 1.54) is 0 Å². The van der Waals surface area contributed by atoms with E-state index in [1.807, 2.05) is 51.1 Å². The summed E-state index contributed by atoms with van der Waals surface area (Å²) in [5.41, 5.74) is -0.204. The Balaban J connectivity index is 3.27. The molecule has 0 aromatic heterocycles. The van der Waals surface area contributed by atoms with Gasteiger partial charge in [0.25, 0.3) is 0 Å². The van der Waals surface area contributed by atoms with Crippen molar-refractivity contribution >= 4 is 5.97 Å². The summed E-state index contributed by atoms with van der Waals surface area (Å²) in [4.78, 5) is 11.9. The lowest BCUT2D eigenvalue weighted by Crippen LogP contribution is -2.56. The highest BCUT2D eigenvalue weighted by atomic mass is 16.4. The number of carbonyl (C=O) groups is 1. The quantitative estimate of drug-likeness (QED) is 0.814. The zero-order chi connectivity index (χ0) is 13.8. The molecule has 100 valence electrons. The van der Waals surface area contributed by atoms with Crippen molar-refractivity contribution in [3.05, 3.63) is 35.9 Å². The Hall–Kier alpha value is -1.35. The van der Waals surface area contributed by atoms with Gasteiger partial charge in [0.1, 0.15) is 5.54 Å². The Morgan fingerprint density at radius 2 is 1.83 bits per heavy atom. The van der Waals surface area contributed by atoms with Crippen LogP contribution in [0.15, 0.2) is 30.3 Å². The van der Waals surface area contributed by atoms with Gasteiger partial charge in [-0.3, -0.25) is 5.32 Å². The molecule has 0 aliphatic heterocycles. The maximum Gasteiger partial charge on any atom is 0.328 e. The molecule has 2 N–H and O–H groups in total. The van der Waals surface area contributed by atoms with Crippen LogP contribution >= 0.6 is 0 Å². The van der Waals surface area contributed by atoms with E-state index in [2.05, 4.69) is 12.2 Å². The maximum atomic E-state index is 11.9. The molecule has 0 saturated carbocycles. The molecule has 1 aromatic rings. The van der Waals surface area contributed by atoms with Crippen LogP contribution in [0.5, 0.6) is 0 Å². The summed E-state index contributed by atoms with van der Waals surface area (Å²) < 4.78 is 0. The maximum absolute atomic E-state index is 11.9. The first-order valence-electron chi connectivity index (χ1n) is 6.51. The fourth-order valence-electron chi connectivity index (χ4n) is 2.21. The molecule has 2 atom stereocenters. The monoisotopic (exact) mass is 249 g/mol. The van der Waals surface area contributed by atoms with Gasteiger partial charge in [-0.25, -0.2) is 4.79 Å². The van der Waals surface area contributed by atoms with E-state index in [0.29, 0.717) is 0 Å². The van der Waals surface area contributed by atoms with Crippen LogP contribution in [-0.2, 0) is 10.3 Å². The minimum atomic E-state index is -1.02. The molecule has 18 heavy (non-hydrogen) atoms. The summed E-state index contributed by atoms with van der Waals surface area (Å²) in [6, 6.07) is 9.58. The normalized spacial score (nSPS) is 16.3. The van der Waals surface area contributed by atoms with Crippen LogP contribution in [0, 0.1) is 5.92 Å². The van der Waals surface area contributed by atoms with E-state index in [9.17, 15) is 9.90 Å². The molecule has 0 radical (unpaired) electrons. The first-order valence-corrected chi connectivity index (χ1v) is 6.51. The Morgan fingerprint density at radius 1 is 1.28 bits per heavy atom. The predicted molar refractivity (Wildman–Crippen MR) is 73.5 cm³/mol. The molecule has 0 fully saturated rings. The van der Waals surface area contributed by atoms with Crippen molar-refractivity contribution < 1.29 is 9.90 Å². The Bertz CT molecular complexity index is 389.